The molecule has 2 fully saturated rings. The number of hydrogen-bond acceptors (Lipinski definition) is 6. The number of benzene rings is 2. The maximum absolute atomic E-state index is 15.8. The molecule has 2 atom stereocenters. The van der Waals surface area contributed by atoms with Crippen LogP contribution in [0.3, 0.4) is 0 Å². The van der Waals surface area contributed by atoms with E-state index < -0.39 is 49.7 Å². The Kier molecular flexibility index (Phi) is 6.74. The van der Waals surface area contributed by atoms with E-state index in [1.54, 1.807) is 44.2 Å². The number of H-pyrrole nitrogens is 1. The fourth-order valence-corrected chi connectivity index (χ4v) is 8.47. The number of hydrogen-bond donors (Lipinski definition) is 2. The maximum atomic E-state index is 15.8. The van der Waals surface area contributed by atoms with Gasteiger partial charge in [0.15, 0.2) is 0 Å². The lowest BCUT2D eigenvalue weighted by Crippen LogP contribution is -2.62. The average molecular weight is 561 g/mol. The number of amides is 1. The molecule has 39 heavy (non-hydrogen) atoms. The van der Waals surface area contributed by atoms with Crippen LogP contribution in [0.5, 0.6) is 0 Å². The van der Waals surface area contributed by atoms with Crippen molar-refractivity contribution in [1.82, 2.24) is 19.8 Å². The first-order valence-corrected chi connectivity index (χ1v) is 14.2. The van der Waals surface area contributed by atoms with E-state index in [2.05, 4.69) is 15.5 Å². The summed E-state index contributed by atoms with van der Waals surface area (Å²) in [5.41, 5.74) is -1.59. The molecule has 0 spiro atoms. The zero-order chi connectivity index (χ0) is 28.2. The van der Waals surface area contributed by atoms with Crippen molar-refractivity contribution in [3.05, 3.63) is 87.2 Å². The molecule has 2 aromatic carbocycles. The predicted molar refractivity (Wildman–Crippen MR) is 138 cm³/mol. The molecule has 0 radical (unpaired) electrons. The molecule has 0 unspecified atom stereocenters. The second-order valence-electron chi connectivity index (χ2n) is 10.9. The predicted octanol–water partition coefficient (Wildman–Crippen LogP) is 3.67. The third-order valence-electron chi connectivity index (χ3n) is 7.88. The van der Waals surface area contributed by atoms with Gasteiger partial charge in [-0.25, -0.2) is 27.1 Å². The highest BCUT2D eigenvalue weighted by molar-refractivity contribution is 7.89. The third kappa shape index (κ3) is 4.80. The summed E-state index contributed by atoms with van der Waals surface area (Å²) in [5, 5.41) is 8.09. The molecule has 2 aliphatic rings. The monoisotopic (exact) mass is 560 g/mol. The molecule has 5 rings (SSSR count). The van der Waals surface area contributed by atoms with Crippen molar-refractivity contribution in [3.8, 4) is 0 Å². The van der Waals surface area contributed by atoms with E-state index in [9.17, 15) is 18.0 Å². The number of nitrogens with one attached hydrogen (secondary N) is 2. The molecular weight excluding hydrogens is 530 g/mol. The van der Waals surface area contributed by atoms with E-state index in [-0.39, 0.29) is 42.3 Å². The van der Waals surface area contributed by atoms with E-state index in [4.69, 9.17) is 4.42 Å². The average Bonchev–Trinajstić information content (AvgIpc) is 3.28. The van der Waals surface area contributed by atoms with Crippen LogP contribution in [0, 0.1) is 11.6 Å². The first-order chi connectivity index (χ1) is 18.3. The van der Waals surface area contributed by atoms with Gasteiger partial charge in [-0.3, -0.25) is 4.79 Å². The summed E-state index contributed by atoms with van der Waals surface area (Å²) in [6, 6.07) is 10.5. The van der Waals surface area contributed by atoms with Crippen LogP contribution in [0.4, 0.5) is 8.78 Å². The normalized spacial score (nSPS) is 28.5. The fraction of sp³-hybridized carbons (Fsp3) is 0.444. The van der Waals surface area contributed by atoms with E-state index in [0.29, 0.717) is 18.4 Å². The summed E-state index contributed by atoms with van der Waals surface area (Å²) < 4.78 is 64.9. The van der Waals surface area contributed by atoms with Gasteiger partial charge in [0.1, 0.15) is 16.9 Å². The van der Waals surface area contributed by atoms with Gasteiger partial charge in [-0.2, -0.15) is 4.31 Å². The Morgan fingerprint density at radius 1 is 1.18 bits per heavy atom. The van der Waals surface area contributed by atoms with E-state index in [1.165, 1.54) is 11.2 Å². The molecule has 1 saturated carbocycles. The number of aromatic amines is 1. The molecule has 9 nitrogen and oxygen atoms in total. The van der Waals surface area contributed by atoms with E-state index in [0.717, 1.165) is 12.1 Å². The van der Waals surface area contributed by atoms with Crippen molar-refractivity contribution in [2.24, 2.45) is 0 Å². The lowest BCUT2D eigenvalue weighted by Gasteiger charge is -2.53. The van der Waals surface area contributed by atoms with Gasteiger partial charge in [0.2, 0.25) is 21.8 Å². The van der Waals surface area contributed by atoms with Crippen LogP contribution in [0.1, 0.15) is 74.3 Å². The molecule has 1 saturated heterocycles. The largest absolute Gasteiger partial charge is 0.434 e. The van der Waals surface area contributed by atoms with Gasteiger partial charge in [-0.15, -0.1) is 5.10 Å². The van der Waals surface area contributed by atoms with Gasteiger partial charge < -0.3 is 9.73 Å². The van der Waals surface area contributed by atoms with Gasteiger partial charge in [0, 0.05) is 36.2 Å². The van der Waals surface area contributed by atoms with Gasteiger partial charge in [0.25, 0.3) is 0 Å². The van der Waals surface area contributed by atoms with Gasteiger partial charge in [-0.1, -0.05) is 30.3 Å². The maximum Gasteiger partial charge on any atom is 0.434 e. The molecule has 0 bridgehead atoms. The van der Waals surface area contributed by atoms with Crippen molar-refractivity contribution in [3.63, 3.8) is 0 Å². The van der Waals surface area contributed by atoms with E-state index >= 15 is 8.78 Å². The van der Waals surface area contributed by atoms with Crippen molar-refractivity contribution in [2.75, 3.05) is 0 Å². The minimum absolute atomic E-state index is 0.0847. The second-order valence-corrected chi connectivity index (χ2v) is 13.0. The van der Waals surface area contributed by atoms with Gasteiger partial charge in [-0.05, 0) is 57.2 Å². The van der Waals surface area contributed by atoms with Crippen LogP contribution in [0.2, 0.25) is 0 Å². The highest BCUT2D eigenvalue weighted by atomic mass is 32.2. The van der Waals surface area contributed by atoms with Crippen LogP contribution >= 0.6 is 0 Å². The molecule has 2 N–H and O–H groups in total. The number of sulfonamides is 1. The number of halogens is 2. The third-order valence-corrected chi connectivity index (χ3v) is 10.3. The van der Waals surface area contributed by atoms with Crippen molar-refractivity contribution in [1.29, 1.82) is 0 Å². The quantitative estimate of drug-likeness (QED) is 0.474. The molecule has 3 aromatic rings. The Morgan fingerprint density at radius 2 is 1.87 bits per heavy atom. The Hall–Kier alpha value is -3.38. The molecule has 1 aromatic heterocycles. The van der Waals surface area contributed by atoms with Crippen molar-refractivity contribution < 1.29 is 26.4 Å². The number of carbonyl (C=O) groups excluding carboxylic acids is 1. The Balaban J connectivity index is 1.49. The fourth-order valence-electron chi connectivity index (χ4n) is 6.28. The topological polar surface area (TPSA) is 125 Å². The second kappa shape index (κ2) is 9.67. The lowest BCUT2D eigenvalue weighted by molar-refractivity contribution is -0.122. The highest BCUT2D eigenvalue weighted by Crippen LogP contribution is 2.54. The molecule has 1 amide bonds. The standard InChI is InChI=1S/C27H30F2N4O5S/c1-16-9-10-23(18-7-5-4-6-8-18)39(36,37)33(16)13-19-11-22(29)20(12-21(19)28)27(24-31-32-25(35)38-24)14-26(3,15-27)30-17(2)34/h4-8,11-12,16,23H,9-10,13-15H2,1-3H3,(H,30,34)(H,32,35)/t16-,23+,26-,27-/m0/s1. The SMILES string of the molecule is CC(=O)N[C@]1(C)C[C@](c2n[nH]c(=O)o2)(c2cc(F)c(CN3[C@@H](C)CC[C@H](c4ccccc4)S3(=O)=O)cc2F)C1. The lowest BCUT2D eigenvalue weighted by atomic mass is 9.54. The first kappa shape index (κ1) is 27.2. The van der Waals surface area contributed by atoms with Gasteiger partial charge >= 0.3 is 5.76 Å². The van der Waals surface area contributed by atoms with Gasteiger partial charge in [0.05, 0.1) is 5.41 Å². The number of rotatable bonds is 6. The highest BCUT2D eigenvalue weighted by Gasteiger charge is 2.58. The minimum Gasteiger partial charge on any atom is -0.391 e. The summed E-state index contributed by atoms with van der Waals surface area (Å²) in [6.07, 6.45) is 1.23. The van der Waals surface area contributed by atoms with Crippen LogP contribution in [0.15, 0.2) is 51.7 Å². The summed E-state index contributed by atoms with van der Waals surface area (Å²) >= 11 is 0. The summed E-state index contributed by atoms with van der Waals surface area (Å²) in [4.78, 5) is 23.4. The van der Waals surface area contributed by atoms with Crippen LogP contribution < -0.4 is 11.1 Å². The van der Waals surface area contributed by atoms with E-state index in [1.807, 2.05) is 0 Å². The summed E-state index contributed by atoms with van der Waals surface area (Å²) in [7, 11) is -3.85. The van der Waals surface area contributed by atoms with Crippen molar-refractivity contribution in [2.45, 2.75) is 75.2 Å². The zero-order valence-corrected chi connectivity index (χ0v) is 22.6. The van der Waals surface area contributed by atoms with Crippen LogP contribution in [-0.2, 0) is 26.8 Å². The molecule has 1 aliphatic heterocycles. The van der Waals surface area contributed by atoms with Crippen LogP contribution in [-0.4, -0.2) is 40.4 Å². The number of nitrogens with zero attached hydrogens (tertiary/aromatic N) is 2. The minimum atomic E-state index is -3.85. The smallest absolute Gasteiger partial charge is 0.391 e. The molecule has 1 aliphatic carbocycles. The molecule has 208 valence electrons. The zero-order valence-electron chi connectivity index (χ0n) is 21.8. The Labute approximate surface area is 224 Å². The first-order valence-electron chi connectivity index (χ1n) is 12.7. The summed E-state index contributed by atoms with van der Waals surface area (Å²) in [5.74, 6) is -2.82. The van der Waals surface area contributed by atoms with Crippen LogP contribution in [0.25, 0.3) is 0 Å². The number of carbonyl (C=O) groups is 1. The molecule has 12 heteroatoms. The Bertz CT molecular complexity index is 1560. The Morgan fingerprint density at radius 3 is 2.49 bits per heavy atom. The molecule has 2 heterocycles. The number of aromatic nitrogens is 2. The molecular formula is C27H30F2N4O5S. The summed E-state index contributed by atoms with van der Waals surface area (Å²) in [6.45, 7) is 4.54. The van der Waals surface area contributed by atoms with Crippen molar-refractivity contribution >= 4 is 15.9 Å².